The maximum Gasteiger partial charge on any atom is 0.326 e. The number of nitrogens with zero attached hydrogens (tertiary/aromatic N) is 3. The van der Waals surface area contributed by atoms with Crippen molar-refractivity contribution in [2.45, 2.75) is 204 Å². The summed E-state index contributed by atoms with van der Waals surface area (Å²) < 4.78 is 0. The van der Waals surface area contributed by atoms with Crippen molar-refractivity contribution in [3.8, 4) is 5.75 Å². The van der Waals surface area contributed by atoms with Crippen molar-refractivity contribution in [2.24, 2.45) is 11.8 Å². The number of nitro groups is 1. The Bertz CT molecular complexity index is 3330. The van der Waals surface area contributed by atoms with Crippen LogP contribution in [0.15, 0.2) is 48.5 Å². The molecule has 36 nitrogen and oxygen atoms in total. The number of phenolic OH excluding ortho intramolecular Hbond substituents is 1. The highest BCUT2D eigenvalue weighted by molar-refractivity contribution is 6.00. The van der Waals surface area contributed by atoms with Gasteiger partial charge in [0.05, 0.1) is 11.3 Å². The highest BCUT2D eigenvalue weighted by Gasteiger charge is 2.44. The molecule has 36 heteroatoms. The van der Waals surface area contributed by atoms with E-state index in [9.17, 15) is 112 Å². The van der Waals surface area contributed by atoms with E-state index >= 15 is 0 Å². The maximum absolute atomic E-state index is 14.8. The summed E-state index contributed by atoms with van der Waals surface area (Å²) in [5.41, 5.74) is 0.214. The first-order chi connectivity index (χ1) is 47.1. The summed E-state index contributed by atoms with van der Waals surface area (Å²) >= 11 is 0. The van der Waals surface area contributed by atoms with Gasteiger partial charge in [-0.05, 0) is 92.9 Å². The zero-order chi connectivity index (χ0) is 74.7. The molecule has 0 saturated carbocycles. The molecular formula is C64H87N11O25. The van der Waals surface area contributed by atoms with Gasteiger partial charge in [0.2, 0.25) is 59.1 Å². The number of hydrogen-bond donors (Lipinski definition) is 15. The second kappa shape index (κ2) is 39.5. The van der Waals surface area contributed by atoms with Crippen molar-refractivity contribution >= 4 is 101 Å². The summed E-state index contributed by atoms with van der Waals surface area (Å²) in [5.74, 6) is -19.9. The van der Waals surface area contributed by atoms with Gasteiger partial charge in [0.15, 0.2) is 0 Å². The van der Waals surface area contributed by atoms with E-state index in [1.54, 1.807) is 27.7 Å². The fourth-order valence-electron chi connectivity index (χ4n) is 11.1. The number of carbonyl (C=O) groups is 16. The minimum absolute atomic E-state index is 0.0178. The molecule has 0 aliphatic carbocycles. The van der Waals surface area contributed by atoms with E-state index in [2.05, 4.69) is 42.5 Å². The van der Waals surface area contributed by atoms with E-state index in [1.165, 1.54) is 36.4 Å². The van der Waals surface area contributed by atoms with Gasteiger partial charge in [-0.2, -0.15) is 0 Å². The van der Waals surface area contributed by atoms with Crippen LogP contribution < -0.4 is 42.5 Å². The van der Waals surface area contributed by atoms with Gasteiger partial charge in [0, 0.05) is 70.2 Å². The largest absolute Gasteiger partial charge is 0.508 e. The average molecular weight is 1410 g/mol. The lowest BCUT2D eigenvalue weighted by Gasteiger charge is -2.34. The number of aliphatic carboxylic acids is 6. The van der Waals surface area contributed by atoms with Gasteiger partial charge in [-0.15, -0.1) is 0 Å². The third kappa shape index (κ3) is 26.5. The molecule has 0 spiro atoms. The molecule has 4 rings (SSSR count). The molecule has 2 aromatic rings. The van der Waals surface area contributed by atoms with Crippen LogP contribution in [0.5, 0.6) is 5.75 Å². The Balaban J connectivity index is 1.60. The number of aromatic hydroxyl groups is 1. The molecule has 548 valence electrons. The SMILES string of the molecule is CC[C@H](C)[C@H](NC(=O)[C@@H]1CCCN1C(=O)[C@H](CCC(=O)O)NC(=O)[C@H](Cc1ccc(O)cc1)NC(=O)CCC(=O)O)C(=O)N1CCC[C@H]1C(=O)N[C@@H](CCC(=O)O)C(=O)N[C@@H](CCC(=O)O)C(=O)N[C@@H](Cc1ccc([N+](=O)[O-])cc1)C(=O)N[C@@H](CC(C)C)C(=O)N[C@@H](CCC(=O)O)C(=O)O. The Morgan fingerprint density at radius 2 is 0.850 bits per heavy atom. The van der Waals surface area contributed by atoms with Crippen molar-refractivity contribution < 1.29 is 117 Å². The number of nitrogens with one attached hydrogen (secondary N) is 8. The molecule has 2 aromatic carbocycles. The lowest BCUT2D eigenvalue weighted by Crippen LogP contribution is -2.61. The monoisotopic (exact) mass is 1410 g/mol. The Labute approximate surface area is 572 Å². The lowest BCUT2D eigenvalue weighted by atomic mass is 9.96. The van der Waals surface area contributed by atoms with E-state index in [4.69, 9.17) is 10.2 Å². The molecular weight excluding hydrogens is 1320 g/mol. The molecule has 100 heavy (non-hydrogen) atoms. The second-order valence-corrected chi connectivity index (χ2v) is 24.8. The molecule has 2 aliphatic heterocycles. The molecule has 0 bridgehead atoms. The first-order valence-corrected chi connectivity index (χ1v) is 32.4. The summed E-state index contributed by atoms with van der Waals surface area (Å²) in [7, 11) is 0. The number of likely N-dealkylation sites (tertiary alicyclic amines) is 2. The second-order valence-electron chi connectivity index (χ2n) is 24.8. The molecule has 11 atom stereocenters. The van der Waals surface area contributed by atoms with Crippen LogP contribution in [-0.2, 0) is 89.6 Å². The predicted molar refractivity (Wildman–Crippen MR) is 344 cm³/mol. The molecule has 2 heterocycles. The zero-order valence-corrected chi connectivity index (χ0v) is 55.5. The molecule has 10 amide bonds. The molecule has 0 unspecified atom stereocenters. The molecule has 0 radical (unpaired) electrons. The van der Waals surface area contributed by atoms with Crippen LogP contribution in [0.1, 0.15) is 142 Å². The Morgan fingerprint density at radius 1 is 0.470 bits per heavy atom. The number of phenols is 1. The van der Waals surface area contributed by atoms with Crippen molar-refractivity contribution in [1.29, 1.82) is 0 Å². The fraction of sp³-hybridized carbons (Fsp3) is 0.562. The zero-order valence-electron chi connectivity index (χ0n) is 55.5. The summed E-state index contributed by atoms with van der Waals surface area (Å²) in [6, 6.07) is -5.87. The summed E-state index contributed by atoms with van der Waals surface area (Å²) in [4.78, 5) is 225. The molecule has 2 fully saturated rings. The predicted octanol–water partition coefficient (Wildman–Crippen LogP) is -0.553. The maximum atomic E-state index is 14.8. The number of benzene rings is 2. The average Bonchev–Trinajstić information content (AvgIpc) is 1.61. The van der Waals surface area contributed by atoms with Gasteiger partial charge < -0.3 is 88.1 Å². The number of amides is 10. The highest BCUT2D eigenvalue weighted by atomic mass is 16.6. The minimum Gasteiger partial charge on any atom is -0.508 e. The number of carbonyl (C=O) groups excluding carboxylic acids is 10. The van der Waals surface area contributed by atoms with Crippen molar-refractivity contribution in [1.82, 2.24) is 52.3 Å². The Kier molecular flexibility index (Phi) is 32.3. The van der Waals surface area contributed by atoms with Gasteiger partial charge in [-0.25, -0.2) is 4.79 Å². The van der Waals surface area contributed by atoms with E-state index in [-0.39, 0.29) is 81.0 Å². The van der Waals surface area contributed by atoms with E-state index in [0.717, 1.165) is 21.9 Å². The molecule has 0 aromatic heterocycles. The van der Waals surface area contributed by atoms with E-state index in [1.807, 2.05) is 0 Å². The van der Waals surface area contributed by atoms with Crippen LogP contribution >= 0.6 is 0 Å². The minimum atomic E-state index is -1.91. The van der Waals surface area contributed by atoms with E-state index in [0.29, 0.717) is 5.56 Å². The van der Waals surface area contributed by atoms with Crippen molar-refractivity contribution in [2.75, 3.05) is 13.1 Å². The van der Waals surface area contributed by atoms with Gasteiger partial charge in [0.25, 0.3) is 5.69 Å². The number of hydrogen-bond acceptors (Lipinski definition) is 19. The van der Waals surface area contributed by atoms with Crippen molar-refractivity contribution in [3.63, 3.8) is 0 Å². The summed E-state index contributed by atoms with van der Waals surface area (Å²) in [6.07, 6.45) is -6.78. The van der Waals surface area contributed by atoms with Crippen LogP contribution in [0.25, 0.3) is 0 Å². The number of nitro benzene ring substituents is 1. The smallest absolute Gasteiger partial charge is 0.326 e. The van der Waals surface area contributed by atoms with Crippen LogP contribution in [0.4, 0.5) is 5.69 Å². The van der Waals surface area contributed by atoms with Gasteiger partial charge in [0.1, 0.15) is 66.2 Å². The first kappa shape index (κ1) is 81.6. The van der Waals surface area contributed by atoms with Gasteiger partial charge in [-0.3, -0.25) is 82.0 Å². The van der Waals surface area contributed by atoms with Gasteiger partial charge >= 0.3 is 35.8 Å². The molecule has 15 N–H and O–H groups in total. The Hall–Kier alpha value is -10.8. The number of carboxylic acid groups (broad SMARTS) is 6. The fourth-order valence-corrected chi connectivity index (χ4v) is 11.1. The topological polar surface area (TPSA) is 561 Å². The standard InChI is InChI=1S/C64H87N11O25/c1-5-34(4)54(72-61(94)47-9-6-28-73(47)62(95)41(20-25-51(82)83)68-58(91)44(65-48(77)22-27-53(86)87)31-36-12-16-38(76)17-13-36)63(96)74-29-7-8-46(74)60(93)67-40(19-24-50(80)81)55(88)66-39(18-23-49(78)79)56(89)71-45(32-35-10-14-37(15-11-35)75(99)100)59(92)70-43(30-33(2)3)57(90)69-42(64(97)98)21-26-52(84)85/h10-17,33-34,39-47,54,76H,5-9,18-32H2,1-4H3,(H,65,77)(H,66,88)(H,67,93)(H,68,91)(H,69,90)(H,70,92)(H,71,89)(H,72,94)(H,78,79)(H,80,81)(H,82,83)(H,84,85)(H,86,87)(H,97,98)/t34-,39-,40-,41-,42-,43-,44-,45-,46-,47-,54-/m0/s1. The quantitative estimate of drug-likeness (QED) is 0.0293. The van der Waals surface area contributed by atoms with Crippen LogP contribution in [-0.4, -0.2) is 219 Å². The molecule has 2 saturated heterocycles. The van der Waals surface area contributed by atoms with Gasteiger partial charge in [-0.1, -0.05) is 58.4 Å². The third-order valence-electron chi connectivity index (χ3n) is 16.7. The normalized spacial score (nSPS) is 16.8. The highest BCUT2D eigenvalue weighted by Crippen LogP contribution is 2.26. The lowest BCUT2D eigenvalue weighted by molar-refractivity contribution is -0.384. The van der Waals surface area contributed by atoms with Crippen LogP contribution in [0.2, 0.25) is 0 Å². The summed E-state index contributed by atoms with van der Waals surface area (Å²) in [5, 5.41) is 98.0. The number of rotatable bonds is 42. The van der Waals surface area contributed by atoms with Crippen LogP contribution in [0, 0.1) is 22.0 Å². The summed E-state index contributed by atoms with van der Waals surface area (Å²) in [6.45, 7) is 6.41. The number of carboxylic acids is 6. The first-order valence-electron chi connectivity index (χ1n) is 32.4. The number of non-ortho nitro benzene ring substituents is 1. The van der Waals surface area contributed by atoms with Crippen LogP contribution in [0.3, 0.4) is 0 Å². The van der Waals surface area contributed by atoms with Crippen molar-refractivity contribution in [3.05, 3.63) is 69.8 Å². The molecule has 2 aliphatic rings. The Morgan fingerprint density at radius 3 is 1.31 bits per heavy atom. The third-order valence-corrected chi connectivity index (χ3v) is 16.7. The van der Waals surface area contributed by atoms with E-state index < -0.39 is 237 Å².